The van der Waals surface area contributed by atoms with Crippen molar-refractivity contribution in [1.29, 1.82) is 0 Å². The molecule has 0 spiro atoms. The number of likely N-dealkylation sites (N-methyl/N-ethyl adjacent to an activating group) is 1. The van der Waals surface area contributed by atoms with Gasteiger partial charge in [0.25, 0.3) is 0 Å². The van der Waals surface area contributed by atoms with E-state index < -0.39 is 6.10 Å². The van der Waals surface area contributed by atoms with Crippen LogP contribution in [-0.2, 0) is 0 Å². The normalized spacial score (nSPS) is 22.4. The van der Waals surface area contributed by atoms with Crippen molar-refractivity contribution in [2.75, 3.05) is 33.2 Å². The van der Waals surface area contributed by atoms with Gasteiger partial charge in [-0.3, -0.25) is 4.79 Å². The van der Waals surface area contributed by atoms with Gasteiger partial charge < -0.3 is 19.9 Å². The number of ketones is 1. The summed E-state index contributed by atoms with van der Waals surface area (Å²) in [6, 6.07) is 17.5. The molecule has 1 saturated heterocycles. The molecule has 1 aliphatic heterocycles. The Hall–Kier alpha value is -2.47. The Bertz CT molecular complexity index is 913. The number of piperazine rings is 1. The number of benzene rings is 2. The van der Waals surface area contributed by atoms with E-state index in [4.69, 9.17) is 0 Å². The standard InChI is InChI=1S/C22H25N3O2/c1-24-11-13-25(14-12-24)20(16-7-3-2-4-8-16)22(27)21(26)18-15-23-19-10-6-5-9-17(18)19/h2-10,15,20,22-23,27H,11-14H2,1H3/p+2/t20-,22+/m1/s1. The smallest absolute Gasteiger partial charge is 0.199 e. The molecule has 0 aliphatic carbocycles. The van der Waals surface area contributed by atoms with Gasteiger partial charge >= 0.3 is 0 Å². The Morgan fingerprint density at radius 2 is 1.67 bits per heavy atom. The van der Waals surface area contributed by atoms with Crippen LogP contribution < -0.4 is 9.80 Å². The van der Waals surface area contributed by atoms with Gasteiger partial charge in [-0.15, -0.1) is 0 Å². The van der Waals surface area contributed by atoms with Gasteiger partial charge in [-0.25, -0.2) is 0 Å². The lowest BCUT2D eigenvalue weighted by atomic mass is 9.93. The van der Waals surface area contributed by atoms with Gasteiger partial charge in [-0.2, -0.15) is 0 Å². The summed E-state index contributed by atoms with van der Waals surface area (Å²) < 4.78 is 0. The molecule has 0 bridgehead atoms. The molecule has 0 saturated carbocycles. The van der Waals surface area contributed by atoms with E-state index in [1.165, 1.54) is 9.80 Å². The van der Waals surface area contributed by atoms with Crippen LogP contribution in [-0.4, -0.2) is 55.2 Å². The number of aliphatic hydroxyl groups excluding tert-OH is 1. The molecule has 1 aliphatic rings. The van der Waals surface area contributed by atoms with Crippen molar-refractivity contribution in [1.82, 2.24) is 4.98 Å². The number of para-hydroxylation sites is 1. The number of carbonyl (C=O) groups is 1. The number of fused-ring (bicyclic) bond motifs is 1. The van der Waals surface area contributed by atoms with Crippen LogP contribution in [0.25, 0.3) is 10.9 Å². The molecule has 2 aromatic carbocycles. The van der Waals surface area contributed by atoms with Crippen LogP contribution >= 0.6 is 0 Å². The summed E-state index contributed by atoms with van der Waals surface area (Å²) in [7, 11) is 2.20. The number of nitrogens with one attached hydrogen (secondary N) is 3. The molecule has 2 atom stereocenters. The summed E-state index contributed by atoms with van der Waals surface area (Å²) in [5, 5.41) is 12.1. The summed E-state index contributed by atoms with van der Waals surface area (Å²) in [6.45, 7) is 3.99. The molecule has 1 aromatic heterocycles. The van der Waals surface area contributed by atoms with E-state index in [-0.39, 0.29) is 11.8 Å². The van der Waals surface area contributed by atoms with Crippen molar-refractivity contribution in [3.05, 3.63) is 71.9 Å². The zero-order chi connectivity index (χ0) is 18.8. The Morgan fingerprint density at radius 1 is 1.00 bits per heavy atom. The molecule has 0 radical (unpaired) electrons. The average molecular weight is 365 g/mol. The fourth-order valence-corrected chi connectivity index (χ4v) is 4.20. The lowest BCUT2D eigenvalue weighted by Gasteiger charge is -2.35. The maximum Gasteiger partial charge on any atom is 0.199 e. The molecule has 0 unspecified atom stereocenters. The monoisotopic (exact) mass is 365 g/mol. The van der Waals surface area contributed by atoms with E-state index in [2.05, 4.69) is 12.0 Å². The van der Waals surface area contributed by atoms with Gasteiger partial charge in [0.1, 0.15) is 32.2 Å². The lowest BCUT2D eigenvalue weighted by Crippen LogP contribution is -3.27. The number of hydrogen-bond donors (Lipinski definition) is 4. The number of Topliss-reactive ketones (excluding diaryl/α,β-unsaturated/α-hetero) is 1. The summed E-state index contributed by atoms with van der Waals surface area (Å²) in [4.78, 5) is 19.2. The van der Waals surface area contributed by atoms with Crippen molar-refractivity contribution >= 4 is 16.7 Å². The molecule has 0 amide bonds. The average Bonchev–Trinajstić information content (AvgIpc) is 3.14. The summed E-state index contributed by atoms with van der Waals surface area (Å²) in [5.41, 5.74) is 2.51. The summed E-state index contributed by atoms with van der Waals surface area (Å²) in [5.74, 6) is -0.208. The predicted octanol–water partition coefficient (Wildman–Crippen LogP) is -0.134. The van der Waals surface area contributed by atoms with Crippen LogP contribution in [0.3, 0.4) is 0 Å². The van der Waals surface area contributed by atoms with E-state index in [9.17, 15) is 9.90 Å². The van der Waals surface area contributed by atoms with Gasteiger partial charge in [0, 0.05) is 28.2 Å². The molecular weight excluding hydrogens is 338 g/mol. The Balaban J connectivity index is 1.67. The number of aromatic amines is 1. The van der Waals surface area contributed by atoms with Gasteiger partial charge in [0.15, 0.2) is 11.9 Å². The minimum absolute atomic E-state index is 0.208. The maximum atomic E-state index is 13.3. The lowest BCUT2D eigenvalue weighted by molar-refractivity contribution is -1.02. The molecule has 5 nitrogen and oxygen atoms in total. The van der Waals surface area contributed by atoms with Crippen LogP contribution in [0.15, 0.2) is 60.8 Å². The highest BCUT2D eigenvalue weighted by Crippen LogP contribution is 2.23. The first-order valence-corrected chi connectivity index (χ1v) is 9.64. The number of rotatable bonds is 5. The molecule has 2 heterocycles. The number of H-pyrrole nitrogens is 1. The van der Waals surface area contributed by atoms with Crippen LogP contribution in [0.1, 0.15) is 22.0 Å². The molecule has 4 rings (SSSR count). The number of hydrogen-bond acceptors (Lipinski definition) is 2. The van der Waals surface area contributed by atoms with E-state index in [0.29, 0.717) is 5.56 Å². The van der Waals surface area contributed by atoms with Crippen LogP contribution in [0, 0.1) is 0 Å². The molecule has 3 aromatic rings. The van der Waals surface area contributed by atoms with E-state index >= 15 is 0 Å². The van der Waals surface area contributed by atoms with Gasteiger partial charge in [-0.1, -0.05) is 48.5 Å². The van der Waals surface area contributed by atoms with Gasteiger partial charge in [0.2, 0.25) is 0 Å². The van der Waals surface area contributed by atoms with E-state index in [0.717, 1.165) is 42.6 Å². The van der Waals surface area contributed by atoms with Crippen molar-refractivity contribution in [3.63, 3.8) is 0 Å². The second-order valence-electron chi connectivity index (χ2n) is 7.56. The van der Waals surface area contributed by atoms with E-state index in [1.807, 2.05) is 54.6 Å². The second kappa shape index (κ2) is 7.64. The zero-order valence-electron chi connectivity index (χ0n) is 15.6. The van der Waals surface area contributed by atoms with Crippen LogP contribution in [0.5, 0.6) is 0 Å². The fourth-order valence-electron chi connectivity index (χ4n) is 4.20. The Labute approximate surface area is 159 Å². The minimum atomic E-state index is -1.07. The maximum absolute atomic E-state index is 13.3. The number of aromatic nitrogens is 1. The highest BCUT2D eigenvalue weighted by Gasteiger charge is 2.39. The highest BCUT2D eigenvalue weighted by atomic mass is 16.3. The molecular formula is C22H27N3O2+2. The van der Waals surface area contributed by atoms with Crippen LogP contribution in [0.2, 0.25) is 0 Å². The third kappa shape index (κ3) is 3.54. The third-order valence-electron chi connectivity index (χ3n) is 5.78. The van der Waals surface area contributed by atoms with Gasteiger partial charge in [-0.05, 0) is 6.07 Å². The number of quaternary nitrogens is 2. The van der Waals surface area contributed by atoms with Crippen molar-refractivity contribution in [2.45, 2.75) is 12.1 Å². The van der Waals surface area contributed by atoms with Crippen LogP contribution in [0.4, 0.5) is 0 Å². The summed E-state index contributed by atoms with van der Waals surface area (Å²) in [6.07, 6.45) is 0.655. The van der Waals surface area contributed by atoms with Crippen molar-refractivity contribution in [2.24, 2.45) is 0 Å². The topological polar surface area (TPSA) is 62.0 Å². The second-order valence-corrected chi connectivity index (χ2v) is 7.56. The molecule has 5 heteroatoms. The predicted molar refractivity (Wildman–Crippen MR) is 105 cm³/mol. The highest BCUT2D eigenvalue weighted by molar-refractivity contribution is 6.10. The van der Waals surface area contributed by atoms with Gasteiger partial charge in [0.05, 0.1) is 7.05 Å². The first-order valence-electron chi connectivity index (χ1n) is 9.64. The minimum Gasteiger partial charge on any atom is -0.379 e. The number of carbonyl (C=O) groups excluding carboxylic acids is 1. The molecule has 140 valence electrons. The number of aliphatic hydroxyl groups is 1. The van der Waals surface area contributed by atoms with Crippen molar-refractivity contribution < 1.29 is 19.7 Å². The first-order chi connectivity index (χ1) is 13.1. The molecule has 27 heavy (non-hydrogen) atoms. The Morgan fingerprint density at radius 3 is 2.41 bits per heavy atom. The molecule has 4 N–H and O–H groups in total. The zero-order valence-corrected chi connectivity index (χ0v) is 15.6. The summed E-state index contributed by atoms with van der Waals surface area (Å²) >= 11 is 0. The molecule has 1 fully saturated rings. The quantitative estimate of drug-likeness (QED) is 0.476. The Kier molecular flexibility index (Phi) is 5.07. The fraction of sp³-hybridized carbons (Fsp3) is 0.318. The third-order valence-corrected chi connectivity index (χ3v) is 5.78. The van der Waals surface area contributed by atoms with E-state index in [1.54, 1.807) is 6.20 Å². The largest absolute Gasteiger partial charge is 0.379 e. The first kappa shape index (κ1) is 17.9. The SMILES string of the molecule is C[NH+]1CC[NH+]([C@H](c2ccccc2)[C@H](O)C(=O)c2c[nH]c3ccccc23)CC1. The van der Waals surface area contributed by atoms with Crippen molar-refractivity contribution in [3.8, 4) is 0 Å².